The number of unbranched alkanes of at least 4 members (excludes halogenated alkanes) is 3. The zero-order valence-corrected chi connectivity index (χ0v) is 29.9. The fourth-order valence-corrected chi connectivity index (χ4v) is 5.16. The van der Waals surface area contributed by atoms with Gasteiger partial charge in [0.2, 0.25) is 0 Å². The van der Waals surface area contributed by atoms with Gasteiger partial charge in [-0.25, -0.2) is 4.79 Å². The second kappa shape index (κ2) is 23.8. The highest BCUT2D eigenvalue weighted by molar-refractivity contribution is 6.32. The summed E-state index contributed by atoms with van der Waals surface area (Å²) in [6, 6.07) is 9.56. The Labute approximate surface area is 283 Å². The number of benzene rings is 2. The molecule has 0 heterocycles. The van der Waals surface area contributed by atoms with Gasteiger partial charge in [0.05, 0.1) is 24.9 Å². The Morgan fingerprint density at radius 3 is 2.46 bits per heavy atom. The SMILES string of the molecule is C/C=C/CN(CCO/C=C/CCC)c1cc(C(=O)NC(Cc2ccc(O)c(Cl)c2)C(=O)OC)ccc1CC(C)CCCCC.CC. The minimum absolute atomic E-state index is 0.0498. The van der Waals surface area contributed by atoms with Crippen molar-refractivity contribution in [2.75, 3.05) is 31.7 Å². The molecule has 8 heteroatoms. The molecule has 2 unspecified atom stereocenters. The molecular formula is C38H57ClN2O5. The number of carbonyl (C=O) groups excluding carboxylic acids is 2. The van der Waals surface area contributed by atoms with Crippen LogP contribution in [-0.2, 0) is 27.1 Å². The number of nitrogens with zero attached hydrogens (tertiary/aromatic N) is 1. The normalized spacial score (nSPS) is 12.3. The second-order valence-electron chi connectivity index (χ2n) is 11.2. The van der Waals surface area contributed by atoms with Gasteiger partial charge in [0.1, 0.15) is 18.4 Å². The Balaban J connectivity index is 0.00000518. The van der Waals surface area contributed by atoms with Gasteiger partial charge in [-0.3, -0.25) is 4.79 Å². The molecule has 2 aromatic rings. The minimum Gasteiger partial charge on any atom is -0.506 e. The number of ether oxygens (including phenoxy) is 2. The number of allylic oxidation sites excluding steroid dienone is 2. The lowest BCUT2D eigenvalue weighted by atomic mass is 9.93. The number of carbonyl (C=O) groups is 2. The molecule has 0 aliphatic heterocycles. The molecule has 256 valence electrons. The van der Waals surface area contributed by atoms with E-state index in [0.29, 0.717) is 36.7 Å². The van der Waals surface area contributed by atoms with Crippen molar-refractivity contribution < 1.29 is 24.2 Å². The maximum Gasteiger partial charge on any atom is 0.328 e. The lowest BCUT2D eigenvalue weighted by Crippen LogP contribution is -2.43. The molecule has 7 nitrogen and oxygen atoms in total. The average molecular weight is 657 g/mol. The number of halogens is 1. The maximum atomic E-state index is 13.6. The Bertz CT molecular complexity index is 1230. The monoisotopic (exact) mass is 656 g/mol. The number of phenols is 1. The van der Waals surface area contributed by atoms with Crippen molar-refractivity contribution in [1.82, 2.24) is 5.32 Å². The van der Waals surface area contributed by atoms with E-state index in [1.165, 1.54) is 38.0 Å². The molecule has 0 aromatic heterocycles. The fourth-order valence-electron chi connectivity index (χ4n) is 4.96. The van der Waals surface area contributed by atoms with Crippen LogP contribution in [0.25, 0.3) is 0 Å². The van der Waals surface area contributed by atoms with Crippen molar-refractivity contribution in [3.05, 3.63) is 82.6 Å². The van der Waals surface area contributed by atoms with E-state index in [1.807, 2.05) is 51.1 Å². The summed E-state index contributed by atoms with van der Waals surface area (Å²) in [6.45, 7) is 14.5. The van der Waals surface area contributed by atoms with Crippen molar-refractivity contribution in [2.24, 2.45) is 5.92 Å². The van der Waals surface area contributed by atoms with Crippen LogP contribution in [0.1, 0.15) is 102 Å². The molecule has 0 aliphatic rings. The number of phenolic OH excluding ortho intramolecular Hbond substituents is 1. The van der Waals surface area contributed by atoms with Crippen LogP contribution < -0.4 is 10.2 Å². The first-order chi connectivity index (χ1) is 22.2. The first-order valence-electron chi connectivity index (χ1n) is 16.9. The molecule has 2 atom stereocenters. The molecule has 2 rings (SSSR count). The summed E-state index contributed by atoms with van der Waals surface area (Å²) in [5.74, 6) is -0.495. The summed E-state index contributed by atoms with van der Waals surface area (Å²) in [5, 5.41) is 12.8. The molecule has 0 saturated carbocycles. The largest absolute Gasteiger partial charge is 0.506 e. The lowest BCUT2D eigenvalue weighted by Gasteiger charge is -2.28. The van der Waals surface area contributed by atoms with Crippen LogP contribution >= 0.6 is 11.6 Å². The van der Waals surface area contributed by atoms with E-state index in [4.69, 9.17) is 21.1 Å². The molecule has 0 fully saturated rings. The topological polar surface area (TPSA) is 88.1 Å². The molecule has 46 heavy (non-hydrogen) atoms. The number of methoxy groups -OCH3 is 1. The van der Waals surface area contributed by atoms with Crippen molar-refractivity contribution in [3.63, 3.8) is 0 Å². The van der Waals surface area contributed by atoms with Gasteiger partial charge in [-0.05, 0) is 67.2 Å². The standard InChI is InChI=1S/C36H51ClN2O5.C2H6/c1-6-9-12-14-27(4)23-29-16-17-30(26-33(29)39(19-11-8-3)20-22-44-21-13-10-7-2)35(41)38-32(36(42)43-5)25-28-15-18-34(40)31(37)24-28;1-2/h8,11,13,15-18,21,24,26-27,32,40H,6-7,9-10,12,14,19-20,22-23,25H2,1-5H3,(H,38,41);1-2H3/b11-8+,21-13+;. The molecule has 0 spiro atoms. The first-order valence-corrected chi connectivity index (χ1v) is 17.2. The lowest BCUT2D eigenvalue weighted by molar-refractivity contribution is -0.142. The van der Waals surface area contributed by atoms with E-state index in [2.05, 4.69) is 37.1 Å². The number of esters is 1. The Hall–Kier alpha value is -3.45. The molecule has 0 bridgehead atoms. The molecule has 0 radical (unpaired) electrons. The average Bonchev–Trinajstić information content (AvgIpc) is 3.06. The Morgan fingerprint density at radius 1 is 1.04 bits per heavy atom. The van der Waals surface area contributed by atoms with E-state index < -0.39 is 12.0 Å². The highest BCUT2D eigenvalue weighted by atomic mass is 35.5. The molecule has 0 saturated heterocycles. The van der Waals surface area contributed by atoms with Gasteiger partial charge in [0, 0.05) is 24.2 Å². The molecule has 2 N–H and O–H groups in total. The number of anilines is 1. The summed E-state index contributed by atoms with van der Waals surface area (Å²) in [4.78, 5) is 28.5. The minimum atomic E-state index is -0.933. The molecule has 2 aromatic carbocycles. The van der Waals surface area contributed by atoms with Gasteiger partial charge >= 0.3 is 5.97 Å². The van der Waals surface area contributed by atoms with Crippen LogP contribution in [0, 0.1) is 5.92 Å². The number of nitrogens with one attached hydrogen (secondary N) is 1. The zero-order valence-electron chi connectivity index (χ0n) is 29.1. The van der Waals surface area contributed by atoms with Crippen LogP contribution in [0.2, 0.25) is 5.02 Å². The predicted octanol–water partition coefficient (Wildman–Crippen LogP) is 9.06. The van der Waals surface area contributed by atoms with Gasteiger partial charge in [-0.15, -0.1) is 0 Å². The maximum absolute atomic E-state index is 13.6. The molecular weight excluding hydrogens is 600 g/mol. The summed E-state index contributed by atoms with van der Waals surface area (Å²) in [7, 11) is 1.29. The predicted molar refractivity (Wildman–Crippen MR) is 192 cm³/mol. The number of hydrogen-bond donors (Lipinski definition) is 2. The van der Waals surface area contributed by atoms with E-state index in [-0.39, 0.29) is 23.1 Å². The van der Waals surface area contributed by atoms with Crippen LogP contribution in [0.3, 0.4) is 0 Å². The summed E-state index contributed by atoms with van der Waals surface area (Å²) in [5.41, 5.74) is 3.30. The van der Waals surface area contributed by atoms with Crippen molar-refractivity contribution >= 4 is 29.2 Å². The van der Waals surface area contributed by atoms with E-state index in [9.17, 15) is 14.7 Å². The summed E-state index contributed by atoms with van der Waals surface area (Å²) >= 11 is 6.07. The van der Waals surface area contributed by atoms with Crippen molar-refractivity contribution in [3.8, 4) is 5.75 Å². The van der Waals surface area contributed by atoms with Gasteiger partial charge in [0.25, 0.3) is 5.91 Å². The van der Waals surface area contributed by atoms with Gasteiger partial charge < -0.3 is 24.8 Å². The second-order valence-corrected chi connectivity index (χ2v) is 11.6. The van der Waals surface area contributed by atoms with Crippen molar-refractivity contribution in [2.45, 2.75) is 99.0 Å². The van der Waals surface area contributed by atoms with Crippen LogP contribution in [0.15, 0.2) is 60.9 Å². The van der Waals surface area contributed by atoms with Gasteiger partial charge in [-0.1, -0.05) is 103 Å². The quantitative estimate of drug-likeness (QED) is 0.0640. The number of rotatable bonds is 20. The Kier molecular flexibility index (Phi) is 21.0. The highest BCUT2D eigenvalue weighted by Crippen LogP contribution is 2.28. The number of amides is 1. The fraction of sp³-hybridized carbons (Fsp3) is 0.526. The Morgan fingerprint density at radius 2 is 1.80 bits per heavy atom. The first kappa shape index (κ1) is 40.6. The number of hydrogen-bond acceptors (Lipinski definition) is 6. The summed E-state index contributed by atoms with van der Waals surface area (Å²) in [6.07, 6.45) is 15.8. The third kappa shape index (κ3) is 14.8. The van der Waals surface area contributed by atoms with E-state index in [0.717, 1.165) is 31.4 Å². The molecule has 0 aliphatic carbocycles. The summed E-state index contributed by atoms with van der Waals surface area (Å²) < 4.78 is 10.8. The van der Waals surface area contributed by atoms with E-state index >= 15 is 0 Å². The van der Waals surface area contributed by atoms with Crippen LogP contribution in [0.5, 0.6) is 5.75 Å². The van der Waals surface area contributed by atoms with Crippen LogP contribution in [-0.4, -0.2) is 49.8 Å². The van der Waals surface area contributed by atoms with Crippen molar-refractivity contribution in [1.29, 1.82) is 0 Å². The van der Waals surface area contributed by atoms with Gasteiger partial charge in [0.15, 0.2) is 0 Å². The third-order valence-corrected chi connectivity index (χ3v) is 7.79. The third-order valence-electron chi connectivity index (χ3n) is 7.49. The zero-order chi connectivity index (χ0) is 34.3. The smallest absolute Gasteiger partial charge is 0.328 e. The highest BCUT2D eigenvalue weighted by Gasteiger charge is 2.24. The number of aromatic hydroxyl groups is 1. The van der Waals surface area contributed by atoms with Crippen LogP contribution in [0.4, 0.5) is 5.69 Å². The molecule has 1 amide bonds. The van der Waals surface area contributed by atoms with E-state index in [1.54, 1.807) is 18.4 Å². The van der Waals surface area contributed by atoms with Gasteiger partial charge in [-0.2, -0.15) is 0 Å².